The van der Waals surface area contributed by atoms with E-state index in [-0.39, 0.29) is 11.9 Å². The van der Waals surface area contributed by atoms with Crippen LogP contribution in [0.25, 0.3) is 0 Å². The number of esters is 1. The fraction of sp³-hybridized carbons (Fsp3) is 0.333. The Morgan fingerprint density at radius 2 is 1.70 bits per heavy atom. The highest BCUT2D eigenvalue weighted by Gasteiger charge is 2.10. The van der Waals surface area contributed by atoms with Gasteiger partial charge >= 0.3 is 5.97 Å². The predicted molar refractivity (Wildman–Crippen MR) is 105 cm³/mol. The van der Waals surface area contributed by atoms with Crippen LogP contribution in [0.5, 0.6) is 5.75 Å². The van der Waals surface area contributed by atoms with Crippen LogP contribution in [0, 0.1) is 0 Å². The predicted octanol–water partition coefficient (Wildman–Crippen LogP) is 3.45. The van der Waals surface area contributed by atoms with E-state index >= 15 is 0 Å². The summed E-state index contributed by atoms with van der Waals surface area (Å²) in [4.78, 5) is 26.6. The first kappa shape index (κ1) is 20.5. The lowest BCUT2D eigenvalue weighted by Gasteiger charge is -2.17. The molecule has 144 valence electrons. The second-order valence-electron chi connectivity index (χ2n) is 5.93. The Hall–Kier alpha value is -2.86. The number of nitrogens with one attached hydrogen (secondary N) is 1. The van der Waals surface area contributed by atoms with E-state index in [1.54, 1.807) is 55.6 Å². The van der Waals surface area contributed by atoms with Gasteiger partial charge in [0.25, 0.3) is 5.91 Å². The molecule has 6 nitrogen and oxygen atoms in total. The molecule has 0 unspecified atom stereocenters. The molecular formula is C21H26N2O4. The number of methoxy groups -OCH3 is 1. The molecule has 0 aliphatic rings. The van der Waals surface area contributed by atoms with Gasteiger partial charge in [-0.25, -0.2) is 4.79 Å². The standard InChI is InChI=1S/C21H26N2O4/c1-4-23(5-2)13-14-27-21(25)16-9-11-18(12-10-16)22-20(24)17-7-6-8-19(15-17)26-3/h6-12,15H,4-5,13-14H2,1-3H3,(H,22,24). The van der Waals surface area contributed by atoms with Crippen molar-refractivity contribution in [2.75, 3.05) is 38.7 Å². The lowest BCUT2D eigenvalue weighted by atomic mass is 10.1. The van der Waals surface area contributed by atoms with Crippen molar-refractivity contribution in [3.63, 3.8) is 0 Å². The molecule has 6 heteroatoms. The molecule has 0 saturated carbocycles. The van der Waals surface area contributed by atoms with Crippen molar-refractivity contribution < 1.29 is 19.1 Å². The minimum absolute atomic E-state index is 0.247. The van der Waals surface area contributed by atoms with Gasteiger partial charge in [-0.15, -0.1) is 0 Å². The van der Waals surface area contributed by atoms with E-state index in [0.717, 1.165) is 13.1 Å². The number of carbonyl (C=O) groups is 2. The van der Waals surface area contributed by atoms with E-state index in [1.165, 1.54) is 0 Å². The number of anilines is 1. The Morgan fingerprint density at radius 3 is 2.33 bits per heavy atom. The molecule has 1 amide bonds. The summed E-state index contributed by atoms with van der Waals surface area (Å²) in [5.74, 6) is 0.00160. The number of rotatable bonds is 9. The zero-order chi connectivity index (χ0) is 19.6. The van der Waals surface area contributed by atoms with Crippen LogP contribution in [0.15, 0.2) is 48.5 Å². The Kier molecular flexibility index (Phi) is 7.82. The van der Waals surface area contributed by atoms with Gasteiger partial charge in [0.15, 0.2) is 0 Å². The van der Waals surface area contributed by atoms with Gasteiger partial charge in [-0.2, -0.15) is 0 Å². The van der Waals surface area contributed by atoms with Crippen molar-refractivity contribution in [3.8, 4) is 5.75 Å². The molecule has 0 radical (unpaired) electrons. The summed E-state index contributed by atoms with van der Waals surface area (Å²) in [5.41, 5.74) is 1.55. The minimum Gasteiger partial charge on any atom is -0.497 e. The molecular weight excluding hydrogens is 344 g/mol. The molecule has 0 heterocycles. The van der Waals surface area contributed by atoms with Crippen LogP contribution in [0.2, 0.25) is 0 Å². The average molecular weight is 370 g/mol. The third kappa shape index (κ3) is 6.11. The number of likely N-dealkylation sites (N-methyl/N-ethyl adjacent to an activating group) is 1. The van der Waals surface area contributed by atoms with Crippen LogP contribution >= 0.6 is 0 Å². The summed E-state index contributed by atoms with van der Waals surface area (Å²) < 4.78 is 10.4. The van der Waals surface area contributed by atoms with E-state index in [9.17, 15) is 9.59 Å². The molecule has 0 bridgehead atoms. The van der Waals surface area contributed by atoms with E-state index in [4.69, 9.17) is 9.47 Å². The highest BCUT2D eigenvalue weighted by Crippen LogP contribution is 2.16. The van der Waals surface area contributed by atoms with Gasteiger partial charge in [0.1, 0.15) is 12.4 Å². The number of ether oxygens (including phenoxy) is 2. The first-order valence-electron chi connectivity index (χ1n) is 9.02. The molecule has 0 atom stereocenters. The molecule has 0 spiro atoms. The van der Waals surface area contributed by atoms with Crippen LogP contribution in [0.3, 0.4) is 0 Å². The molecule has 27 heavy (non-hydrogen) atoms. The van der Waals surface area contributed by atoms with Crippen LogP contribution in [-0.2, 0) is 4.74 Å². The van der Waals surface area contributed by atoms with Gasteiger partial charge < -0.3 is 19.7 Å². The fourth-order valence-electron chi connectivity index (χ4n) is 2.55. The van der Waals surface area contributed by atoms with Gasteiger partial charge in [-0.1, -0.05) is 19.9 Å². The van der Waals surface area contributed by atoms with Crippen molar-refractivity contribution >= 4 is 17.6 Å². The molecule has 0 aliphatic carbocycles. The Labute approximate surface area is 160 Å². The first-order valence-corrected chi connectivity index (χ1v) is 9.02. The molecule has 0 saturated heterocycles. The average Bonchev–Trinajstić information content (AvgIpc) is 2.71. The molecule has 2 aromatic carbocycles. The summed E-state index contributed by atoms with van der Waals surface area (Å²) in [6.07, 6.45) is 0. The van der Waals surface area contributed by atoms with Gasteiger partial charge in [0.2, 0.25) is 0 Å². The smallest absolute Gasteiger partial charge is 0.338 e. The zero-order valence-electron chi connectivity index (χ0n) is 16.0. The topological polar surface area (TPSA) is 67.9 Å². The summed E-state index contributed by atoms with van der Waals surface area (Å²) in [6, 6.07) is 13.5. The van der Waals surface area contributed by atoms with Crippen LogP contribution < -0.4 is 10.1 Å². The van der Waals surface area contributed by atoms with Crippen LogP contribution in [0.4, 0.5) is 5.69 Å². The number of nitrogens with zero attached hydrogens (tertiary/aromatic N) is 1. The lowest BCUT2D eigenvalue weighted by molar-refractivity contribution is 0.0466. The molecule has 0 aliphatic heterocycles. The van der Waals surface area contributed by atoms with Crippen molar-refractivity contribution in [1.82, 2.24) is 4.90 Å². The summed E-state index contributed by atoms with van der Waals surface area (Å²) >= 11 is 0. The van der Waals surface area contributed by atoms with Crippen molar-refractivity contribution in [2.24, 2.45) is 0 Å². The highest BCUT2D eigenvalue weighted by molar-refractivity contribution is 6.04. The highest BCUT2D eigenvalue weighted by atomic mass is 16.5. The van der Waals surface area contributed by atoms with E-state index in [0.29, 0.717) is 35.7 Å². The molecule has 2 rings (SSSR count). The van der Waals surface area contributed by atoms with Crippen LogP contribution in [0.1, 0.15) is 34.6 Å². The van der Waals surface area contributed by atoms with Crippen LogP contribution in [-0.4, -0.2) is 50.1 Å². The summed E-state index contributed by atoms with van der Waals surface area (Å²) in [7, 11) is 1.55. The first-order chi connectivity index (χ1) is 13.1. The fourth-order valence-corrected chi connectivity index (χ4v) is 2.55. The Balaban J connectivity index is 1.90. The third-order valence-electron chi connectivity index (χ3n) is 4.25. The maximum Gasteiger partial charge on any atom is 0.338 e. The van der Waals surface area contributed by atoms with Crippen molar-refractivity contribution in [3.05, 3.63) is 59.7 Å². The third-order valence-corrected chi connectivity index (χ3v) is 4.25. The minimum atomic E-state index is -0.368. The number of hydrogen-bond acceptors (Lipinski definition) is 5. The number of hydrogen-bond donors (Lipinski definition) is 1. The van der Waals surface area contributed by atoms with Crippen molar-refractivity contribution in [1.29, 1.82) is 0 Å². The summed E-state index contributed by atoms with van der Waals surface area (Å²) in [5, 5.41) is 2.80. The maximum absolute atomic E-state index is 12.3. The number of carbonyl (C=O) groups excluding carboxylic acids is 2. The molecule has 2 aromatic rings. The van der Waals surface area contributed by atoms with E-state index in [1.807, 2.05) is 0 Å². The molecule has 0 fully saturated rings. The van der Waals surface area contributed by atoms with E-state index < -0.39 is 0 Å². The normalized spacial score (nSPS) is 10.5. The van der Waals surface area contributed by atoms with Gasteiger partial charge in [0.05, 0.1) is 12.7 Å². The largest absolute Gasteiger partial charge is 0.497 e. The monoisotopic (exact) mass is 370 g/mol. The quantitative estimate of drug-likeness (QED) is 0.685. The molecule has 0 aromatic heterocycles. The maximum atomic E-state index is 12.3. The lowest BCUT2D eigenvalue weighted by Crippen LogP contribution is -2.27. The Bertz CT molecular complexity index is 755. The summed E-state index contributed by atoms with van der Waals surface area (Å²) in [6.45, 7) is 7.07. The van der Waals surface area contributed by atoms with Gasteiger partial charge in [-0.05, 0) is 55.6 Å². The second-order valence-corrected chi connectivity index (χ2v) is 5.93. The zero-order valence-corrected chi connectivity index (χ0v) is 16.0. The van der Waals surface area contributed by atoms with Gasteiger partial charge in [0, 0.05) is 17.8 Å². The van der Waals surface area contributed by atoms with Gasteiger partial charge in [-0.3, -0.25) is 4.79 Å². The van der Waals surface area contributed by atoms with Crippen molar-refractivity contribution in [2.45, 2.75) is 13.8 Å². The van der Waals surface area contributed by atoms with E-state index in [2.05, 4.69) is 24.1 Å². The second kappa shape index (κ2) is 10.3. The number of amides is 1. The Morgan fingerprint density at radius 1 is 1.00 bits per heavy atom. The number of benzene rings is 2. The molecule has 1 N–H and O–H groups in total. The SMILES string of the molecule is CCN(CC)CCOC(=O)c1ccc(NC(=O)c2cccc(OC)c2)cc1.